The molecule has 0 bridgehead atoms. The van der Waals surface area contributed by atoms with Crippen molar-refractivity contribution in [2.45, 2.75) is 18.5 Å². The van der Waals surface area contributed by atoms with E-state index >= 15 is 0 Å². The van der Waals surface area contributed by atoms with Crippen LogP contribution in [0.5, 0.6) is 0 Å². The van der Waals surface area contributed by atoms with Gasteiger partial charge < -0.3 is 10.2 Å². The molecule has 0 aliphatic carbocycles. The topological polar surface area (TPSA) is 57.5 Å². The largest absolute Gasteiger partial charge is 0.479 e. The maximum absolute atomic E-state index is 13.1. The maximum atomic E-state index is 13.1. The number of hydrogen-bond acceptors (Lipinski definition) is 2. The highest BCUT2D eigenvalue weighted by atomic mass is 19.4. The van der Waals surface area contributed by atoms with Crippen LogP contribution in [0.2, 0.25) is 0 Å². The summed E-state index contributed by atoms with van der Waals surface area (Å²) in [6.45, 7) is 0. The summed E-state index contributed by atoms with van der Waals surface area (Å²) >= 11 is 0. The molecular weight excluding hydrogens is 354 g/mol. The van der Waals surface area contributed by atoms with E-state index in [1.165, 1.54) is 0 Å². The van der Waals surface area contributed by atoms with Crippen LogP contribution >= 0.6 is 0 Å². The van der Waals surface area contributed by atoms with Gasteiger partial charge in [0.2, 0.25) is 0 Å². The molecule has 0 spiro atoms. The minimum absolute atomic E-state index is 0.0885. The molecule has 0 aromatic heterocycles. The normalized spacial score (nSPS) is 13.6. The average Bonchev–Trinajstić information content (AvgIpc) is 2.51. The van der Waals surface area contributed by atoms with Crippen LogP contribution in [0.15, 0.2) is 42.5 Å². The quantitative estimate of drug-likeness (QED) is 0.788. The number of hydrogen-bond donors (Lipinski definition) is 2. The van der Waals surface area contributed by atoms with Gasteiger partial charge in [-0.05, 0) is 29.3 Å². The highest BCUT2D eigenvalue weighted by Gasteiger charge is 2.38. The van der Waals surface area contributed by atoms with Gasteiger partial charge in [-0.2, -0.15) is 26.3 Å². The molecule has 0 saturated carbocycles. The van der Waals surface area contributed by atoms with Crippen molar-refractivity contribution in [3.63, 3.8) is 0 Å². The van der Waals surface area contributed by atoms with Crippen molar-refractivity contribution in [3.8, 4) is 11.1 Å². The Labute approximate surface area is 137 Å². The van der Waals surface area contributed by atoms with E-state index in [1.54, 1.807) is 0 Å². The maximum Gasteiger partial charge on any atom is 0.416 e. The standard InChI is InChI=1S/C16H10F6O3/c17-15(18,19)9-6-4-8(5-7-9)10-2-1-3-11(16(20,21)22)12(10)13(23)14(24)25/h1-7,13,23H,(H,24,25). The van der Waals surface area contributed by atoms with E-state index in [4.69, 9.17) is 5.11 Å². The van der Waals surface area contributed by atoms with Crippen LogP contribution in [0, 0.1) is 0 Å². The van der Waals surface area contributed by atoms with Gasteiger partial charge in [-0.3, -0.25) is 0 Å². The van der Waals surface area contributed by atoms with Crippen molar-refractivity contribution in [2.24, 2.45) is 0 Å². The number of aliphatic carboxylic acids is 1. The van der Waals surface area contributed by atoms with Crippen molar-refractivity contribution in [1.29, 1.82) is 0 Å². The molecule has 9 heteroatoms. The molecule has 0 aliphatic heterocycles. The number of carboxylic acids is 1. The van der Waals surface area contributed by atoms with Gasteiger partial charge >= 0.3 is 18.3 Å². The van der Waals surface area contributed by atoms with Crippen LogP contribution in [-0.4, -0.2) is 16.2 Å². The monoisotopic (exact) mass is 364 g/mol. The number of alkyl halides is 6. The molecule has 0 heterocycles. The molecule has 134 valence electrons. The third-order valence-electron chi connectivity index (χ3n) is 3.44. The van der Waals surface area contributed by atoms with Gasteiger partial charge in [0, 0.05) is 5.56 Å². The van der Waals surface area contributed by atoms with Crippen LogP contribution in [0.4, 0.5) is 26.3 Å². The van der Waals surface area contributed by atoms with Crippen LogP contribution in [0.3, 0.4) is 0 Å². The van der Waals surface area contributed by atoms with Crippen LogP contribution in [0.25, 0.3) is 11.1 Å². The second-order valence-corrected chi connectivity index (χ2v) is 5.08. The van der Waals surface area contributed by atoms with Gasteiger partial charge in [0.15, 0.2) is 6.10 Å². The number of halogens is 6. The first kappa shape index (κ1) is 18.8. The number of rotatable bonds is 3. The van der Waals surface area contributed by atoms with E-state index in [2.05, 4.69) is 0 Å². The van der Waals surface area contributed by atoms with Crippen molar-refractivity contribution in [1.82, 2.24) is 0 Å². The lowest BCUT2D eigenvalue weighted by atomic mass is 9.91. The summed E-state index contributed by atoms with van der Waals surface area (Å²) in [5.41, 5.74) is -3.72. The molecule has 0 saturated heterocycles. The number of aliphatic hydroxyl groups is 1. The first-order chi connectivity index (χ1) is 11.4. The average molecular weight is 364 g/mol. The lowest BCUT2D eigenvalue weighted by Gasteiger charge is -2.19. The third-order valence-corrected chi connectivity index (χ3v) is 3.44. The molecule has 2 aromatic rings. The Morgan fingerprint density at radius 3 is 1.88 bits per heavy atom. The number of aliphatic hydroxyl groups excluding tert-OH is 1. The Hall–Kier alpha value is -2.55. The first-order valence-electron chi connectivity index (χ1n) is 6.71. The Morgan fingerprint density at radius 1 is 0.880 bits per heavy atom. The first-order valence-corrected chi connectivity index (χ1v) is 6.71. The summed E-state index contributed by atoms with van der Waals surface area (Å²) < 4.78 is 77.2. The van der Waals surface area contributed by atoms with Gasteiger partial charge in [-0.25, -0.2) is 4.79 Å². The summed E-state index contributed by atoms with van der Waals surface area (Å²) in [6, 6.07) is 5.81. The molecule has 25 heavy (non-hydrogen) atoms. The highest BCUT2D eigenvalue weighted by molar-refractivity contribution is 5.81. The zero-order valence-electron chi connectivity index (χ0n) is 12.2. The van der Waals surface area contributed by atoms with E-state index in [1.807, 2.05) is 0 Å². The second-order valence-electron chi connectivity index (χ2n) is 5.08. The molecule has 0 aliphatic rings. The fraction of sp³-hybridized carbons (Fsp3) is 0.188. The molecule has 1 unspecified atom stereocenters. The Balaban J connectivity index is 2.67. The third kappa shape index (κ3) is 3.93. The van der Waals surface area contributed by atoms with Crippen LogP contribution < -0.4 is 0 Å². The molecule has 1 atom stereocenters. The van der Waals surface area contributed by atoms with Crippen molar-refractivity contribution < 1.29 is 41.4 Å². The molecule has 0 amide bonds. The van der Waals surface area contributed by atoms with Crippen molar-refractivity contribution in [3.05, 3.63) is 59.2 Å². The molecule has 0 radical (unpaired) electrons. The fourth-order valence-electron chi connectivity index (χ4n) is 2.32. The van der Waals surface area contributed by atoms with Crippen LogP contribution in [0.1, 0.15) is 22.8 Å². The zero-order chi connectivity index (χ0) is 19.0. The summed E-state index contributed by atoms with van der Waals surface area (Å²) in [5.74, 6) is -1.91. The smallest absolute Gasteiger partial charge is 0.416 e. The molecule has 2 rings (SSSR count). The minimum atomic E-state index is -4.95. The van der Waals surface area contributed by atoms with Crippen LogP contribution in [-0.2, 0) is 17.1 Å². The lowest BCUT2D eigenvalue weighted by Crippen LogP contribution is -2.18. The van der Waals surface area contributed by atoms with E-state index in [0.29, 0.717) is 18.2 Å². The van der Waals surface area contributed by atoms with Gasteiger partial charge in [-0.1, -0.05) is 24.3 Å². The van der Waals surface area contributed by atoms with E-state index in [9.17, 15) is 36.2 Å². The predicted molar refractivity (Wildman–Crippen MR) is 74.5 cm³/mol. The van der Waals surface area contributed by atoms with E-state index in [-0.39, 0.29) is 11.1 Å². The predicted octanol–water partition coefficient (Wildman–Crippen LogP) is 4.51. The van der Waals surface area contributed by atoms with E-state index < -0.39 is 41.1 Å². The minimum Gasteiger partial charge on any atom is -0.479 e. The Kier molecular flexibility index (Phi) is 4.81. The Morgan fingerprint density at radius 2 is 1.44 bits per heavy atom. The molecule has 0 fully saturated rings. The Bertz CT molecular complexity index is 778. The summed E-state index contributed by atoms with van der Waals surface area (Å²) in [7, 11) is 0. The van der Waals surface area contributed by atoms with Crippen molar-refractivity contribution in [2.75, 3.05) is 0 Å². The number of carboxylic acid groups (broad SMARTS) is 1. The van der Waals surface area contributed by atoms with Gasteiger partial charge in [0.25, 0.3) is 0 Å². The molecule has 2 N–H and O–H groups in total. The number of carbonyl (C=O) groups is 1. The summed E-state index contributed by atoms with van der Waals surface area (Å²) in [6.07, 6.45) is -12.1. The van der Waals surface area contributed by atoms with Crippen molar-refractivity contribution >= 4 is 5.97 Å². The lowest BCUT2D eigenvalue weighted by molar-refractivity contribution is -0.149. The molecule has 3 nitrogen and oxygen atoms in total. The zero-order valence-corrected chi connectivity index (χ0v) is 12.2. The van der Waals surface area contributed by atoms with Gasteiger partial charge in [0.1, 0.15) is 0 Å². The summed E-state index contributed by atoms with van der Waals surface area (Å²) in [5, 5.41) is 18.6. The summed E-state index contributed by atoms with van der Waals surface area (Å²) in [4.78, 5) is 11.0. The highest BCUT2D eigenvalue weighted by Crippen LogP contribution is 2.40. The second kappa shape index (κ2) is 6.40. The fourth-order valence-corrected chi connectivity index (χ4v) is 2.32. The van der Waals surface area contributed by atoms with Gasteiger partial charge in [0.05, 0.1) is 11.1 Å². The van der Waals surface area contributed by atoms with E-state index in [0.717, 1.165) is 24.3 Å². The van der Waals surface area contributed by atoms with Gasteiger partial charge in [-0.15, -0.1) is 0 Å². The SMILES string of the molecule is O=C(O)C(O)c1c(-c2ccc(C(F)(F)F)cc2)cccc1C(F)(F)F. The number of benzene rings is 2. The molecule has 2 aromatic carbocycles. The molecular formula is C16H10F6O3.